The van der Waals surface area contributed by atoms with Crippen LogP contribution in [-0.4, -0.2) is 17.1 Å². The number of hydrogen-bond donors (Lipinski definition) is 0. The van der Waals surface area contributed by atoms with Gasteiger partial charge < -0.3 is 4.74 Å². The van der Waals surface area contributed by atoms with E-state index in [4.69, 9.17) is 4.74 Å². The predicted molar refractivity (Wildman–Crippen MR) is 71.7 cm³/mol. The van der Waals surface area contributed by atoms with E-state index in [0.29, 0.717) is 5.82 Å². The molecule has 0 aliphatic rings. The van der Waals surface area contributed by atoms with Crippen LogP contribution in [0, 0.1) is 0 Å². The topological polar surface area (TPSA) is 35.0 Å². The molecule has 0 spiro atoms. The predicted octanol–water partition coefficient (Wildman–Crippen LogP) is 3.42. The number of rotatable bonds is 3. The molecule has 0 aliphatic carbocycles. The molecule has 0 atom stereocenters. The van der Waals surface area contributed by atoms with Crippen molar-refractivity contribution in [2.45, 2.75) is 0 Å². The smallest absolute Gasteiger partial charge is 0.151 e. The second-order valence-corrected chi connectivity index (χ2v) is 4.25. The lowest BCUT2D eigenvalue weighted by Crippen LogP contribution is -1.87. The van der Waals surface area contributed by atoms with Crippen LogP contribution < -0.4 is 4.74 Å². The molecule has 1 aromatic carbocycles. The first-order chi connectivity index (χ1) is 8.29. The normalized spacial score (nSPS) is 10.7. The average molecular weight is 291 g/mol. The summed E-state index contributed by atoms with van der Waals surface area (Å²) in [5, 5.41) is 0. The van der Waals surface area contributed by atoms with Crippen molar-refractivity contribution >= 4 is 28.1 Å². The molecule has 0 unspecified atom stereocenters. The van der Waals surface area contributed by atoms with E-state index in [0.717, 1.165) is 15.8 Å². The van der Waals surface area contributed by atoms with Gasteiger partial charge in [-0.25, -0.2) is 9.97 Å². The van der Waals surface area contributed by atoms with E-state index in [2.05, 4.69) is 25.9 Å². The van der Waals surface area contributed by atoms with Gasteiger partial charge in [0.1, 0.15) is 5.75 Å². The molecule has 2 rings (SSSR count). The average Bonchev–Trinajstić information content (AvgIpc) is 2.38. The molecule has 3 nitrogen and oxygen atoms in total. The maximum atomic E-state index is 5.25. The van der Waals surface area contributed by atoms with Crippen LogP contribution in [0.25, 0.3) is 12.2 Å². The van der Waals surface area contributed by atoms with Gasteiger partial charge in [-0.1, -0.05) is 18.2 Å². The second kappa shape index (κ2) is 5.59. The number of benzene rings is 1. The highest BCUT2D eigenvalue weighted by molar-refractivity contribution is 9.10. The molecule has 4 heteroatoms. The molecular formula is C13H11BrN2O. The largest absolute Gasteiger partial charge is 0.496 e. The van der Waals surface area contributed by atoms with Crippen LogP contribution in [0.5, 0.6) is 5.75 Å². The Balaban J connectivity index is 2.22. The standard InChI is InChI=1S/C13H11BrN2O/c1-17-12-5-3-2-4-10(12)6-7-13-15-8-11(14)9-16-13/h2-9H,1H3/b7-6+. The summed E-state index contributed by atoms with van der Waals surface area (Å²) < 4.78 is 6.12. The summed E-state index contributed by atoms with van der Waals surface area (Å²) in [6.45, 7) is 0. The van der Waals surface area contributed by atoms with Gasteiger partial charge in [0.2, 0.25) is 0 Å². The van der Waals surface area contributed by atoms with Gasteiger partial charge in [0.05, 0.1) is 11.6 Å². The SMILES string of the molecule is COc1ccccc1/C=C/c1ncc(Br)cn1. The van der Waals surface area contributed by atoms with Crippen LogP contribution in [0.1, 0.15) is 11.4 Å². The fraction of sp³-hybridized carbons (Fsp3) is 0.0769. The number of methoxy groups -OCH3 is 1. The minimum atomic E-state index is 0.666. The number of nitrogens with zero attached hydrogens (tertiary/aromatic N) is 2. The quantitative estimate of drug-likeness (QED) is 0.869. The van der Waals surface area contributed by atoms with Crippen LogP contribution in [0.2, 0.25) is 0 Å². The zero-order valence-electron chi connectivity index (χ0n) is 9.30. The zero-order chi connectivity index (χ0) is 12.1. The third-order valence-corrected chi connectivity index (χ3v) is 2.60. The Kier molecular flexibility index (Phi) is 3.88. The Morgan fingerprint density at radius 2 is 1.82 bits per heavy atom. The highest BCUT2D eigenvalue weighted by Crippen LogP contribution is 2.19. The highest BCUT2D eigenvalue weighted by Gasteiger charge is 1.97. The van der Waals surface area contributed by atoms with Gasteiger partial charge in [-0.05, 0) is 34.1 Å². The Labute approximate surface area is 108 Å². The number of ether oxygens (including phenoxy) is 1. The van der Waals surface area contributed by atoms with Gasteiger partial charge in [0.25, 0.3) is 0 Å². The van der Waals surface area contributed by atoms with Gasteiger partial charge in [0, 0.05) is 18.0 Å². The van der Waals surface area contributed by atoms with Crippen LogP contribution in [0.4, 0.5) is 0 Å². The van der Waals surface area contributed by atoms with Crippen molar-refractivity contribution in [3.8, 4) is 5.75 Å². The Bertz CT molecular complexity index is 523. The fourth-order valence-electron chi connectivity index (χ4n) is 1.38. The molecule has 1 heterocycles. The van der Waals surface area contributed by atoms with Crippen molar-refractivity contribution in [3.63, 3.8) is 0 Å². The van der Waals surface area contributed by atoms with Gasteiger partial charge in [-0.3, -0.25) is 0 Å². The van der Waals surface area contributed by atoms with Crippen molar-refractivity contribution in [3.05, 3.63) is 52.5 Å². The lowest BCUT2D eigenvalue weighted by Gasteiger charge is -2.02. The number of aromatic nitrogens is 2. The molecule has 0 saturated heterocycles. The van der Waals surface area contributed by atoms with Crippen molar-refractivity contribution in [1.29, 1.82) is 0 Å². The molecule has 0 amide bonds. The zero-order valence-corrected chi connectivity index (χ0v) is 10.9. The molecule has 0 bridgehead atoms. The third-order valence-electron chi connectivity index (χ3n) is 2.19. The summed E-state index contributed by atoms with van der Waals surface area (Å²) >= 11 is 3.30. The minimum absolute atomic E-state index is 0.666. The van der Waals surface area contributed by atoms with Gasteiger partial charge >= 0.3 is 0 Å². The van der Waals surface area contributed by atoms with Crippen molar-refractivity contribution in [1.82, 2.24) is 9.97 Å². The van der Waals surface area contributed by atoms with Gasteiger partial charge in [0.15, 0.2) is 5.82 Å². The van der Waals surface area contributed by atoms with E-state index in [9.17, 15) is 0 Å². The summed E-state index contributed by atoms with van der Waals surface area (Å²) in [4.78, 5) is 8.33. The molecular weight excluding hydrogens is 280 g/mol. The van der Waals surface area contributed by atoms with Crippen molar-refractivity contribution in [2.75, 3.05) is 7.11 Å². The van der Waals surface area contributed by atoms with Crippen LogP contribution in [0.3, 0.4) is 0 Å². The molecule has 0 aliphatic heterocycles. The highest BCUT2D eigenvalue weighted by atomic mass is 79.9. The molecule has 17 heavy (non-hydrogen) atoms. The van der Waals surface area contributed by atoms with Gasteiger partial charge in [-0.15, -0.1) is 0 Å². The molecule has 0 radical (unpaired) electrons. The van der Waals surface area contributed by atoms with Crippen molar-refractivity contribution < 1.29 is 4.74 Å². The summed E-state index contributed by atoms with van der Waals surface area (Å²) in [6, 6.07) is 7.80. The lowest BCUT2D eigenvalue weighted by molar-refractivity contribution is 0.414. The minimum Gasteiger partial charge on any atom is -0.496 e. The first kappa shape index (κ1) is 11.8. The molecule has 1 aromatic heterocycles. The Morgan fingerprint density at radius 3 is 2.53 bits per heavy atom. The summed E-state index contributed by atoms with van der Waals surface area (Å²) in [5.41, 5.74) is 1.00. The Morgan fingerprint density at radius 1 is 1.12 bits per heavy atom. The summed E-state index contributed by atoms with van der Waals surface area (Å²) in [5.74, 6) is 1.50. The number of para-hydroxylation sites is 1. The maximum Gasteiger partial charge on any atom is 0.151 e. The molecule has 2 aromatic rings. The van der Waals surface area contributed by atoms with Crippen LogP contribution >= 0.6 is 15.9 Å². The molecule has 0 N–H and O–H groups in total. The molecule has 86 valence electrons. The summed E-state index contributed by atoms with van der Waals surface area (Å²) in [7, 11) is 1.66. The van der Waals surface area contributed by atoms with Crippen molar-refractivity contribution in [2.24, 2.45) is 0 Å². The second-order valence-electron chi connectivity index (χ2n) is 3.33. The number of hydrogen-bond acceptors (Lipinski definition) is 3. The Hall–Kier alpha value is -1.68. The molecule has 0 fully saturated rings. The first-order valence-electron chi connectivity index (χ1n) is 5.08. The van der Waals surface area contributed by atoms with Crippen LogP contribution in [-0.2, 0) is 0 Å². The van der Waals surface area contributed by atoms with E-state index in [-0.39, 0.29) is 0 Å². The van der Waals surface area contributed by atoms with Gasteiger partial charge in [-0.2, -0.15) is 0 Å². The third kappa shape index (κ3) is 3.14. The monoisotopic (exact) mass is 290 g/mol. The van der Waals surface area contributed by atoms with Crippen LogP contribution in [0.15, 0.2) is 41.1 Å². The van der Waals surface area contributed by atoms with E-state index >= 15 is 0 Å². The number of halogens is 1. The van der Waals surface area contributed by atoms with E-state index in [1.165, 1.54) is 0 Å². The fourth-order valence-corrected chi connectivity index (χ4v) is 1.58. The summed E-state index contributed by atoms with van der Waals surface area (Å²) in [6.07, 6.45) is 7.22. The maximum absolute atomic E-state index is 5.25. The molecule has 0 saturated carbocycles. The van der Waals surface area contributed by atoms with E-state index in [1.54, 1.807) is 19.5 Å². The first-order valence-corrected chi connectivity index (χ1v) is 5.87. The van der Waals surface area contributed by atoms with E-state index in [1.807, 2.05) is 36.4 Å². The van der Waals surface area contributed by atoms with E-state index < -0.39 is 0 Å². The lowest BCUT2D eigenvalue weighted by atomic mass is 10.2.